The molecular weight excluding hydrogens is 247 g/mol. The lowest BCUT2D eigenvalue weighted by Gasteiger charge is -2.14. The Morgan fingerprint density at radius 2 is 2.06 bits per heavy atom. The molecule has 17 heavy (non-hydrogen) atoms. The van der Waals surface area contributed by atoms with Crippen molar-refractivity contribution in [2.45, 2.75) is 19.2 Å². The number of nitrogens with zero attached hydrogens (tertiary/aromatic N) is 2. The van der Waals surface area contributed by atoms with Gasteiger partial charge in [0.05, 0.1) is 12.5 Å². The average Bonchev–Trinajstić information content (AvgIpc) is 2.15. The van der Waals surface area contributed by atoms with E-state index in [-0.39, 0.29) is 0 Å². The molecule has 0 aliphatic rings. The van der Waals surface area contributed by atoms with Crippen LogP contribution in [0, 0.1) is 11.3 Å². The third kappa shape index (κ3) is 3.27. The third-order valence-corrected chi connectivity index (χ3v) is 1.76. The first-order chi connectivity index (χ1) is 7.86. The van der Waals surface area contributed by atoms with Gasteiger partial charge in [0.15, 0.2) is 0 Å². The monoisotopic (exact) mass is 252 g/mol. The fourth-order valence-corrected chi connectivity index (χ4v) is 1.19. The van der Waals surface area contributed by atoms with Crippen molar-refractivity contribution in [3.63, 3.8) is 0 Å². The first-order valence-electron chi connectivity index (χ1n) is 4.23. The van der Waals surface area contributed by atoms with E-state index in [0.717, 1.165) is 12.3 Å². The maximum absolute atomic E-state index is 12.6. The summed E-state index contributed by atoms with van der Waals surface area (Å²) in [6.45, 7) is -3.42. The van der Waals surface area contributed by atoms with Crippen LogP contribution in [0.4, 0.5) is 22.0 Å². The molecule has 1 aromatic heterocycles. The van der Waals surface area contributed by atoms with Gasteiger partial charge in [0, 0.05) is 6.20 Å². The molecule has 0 fully saturated rings. The minimum atomic E-state index is -4.91. The van der Waals surface area contributed by atoms with Gasteiger partial charge in [-0.15, -0.1) is 0 Å². The standard InChI is InChI=1S/C9H5F5N2O/c10-8(11)17-7-6(9(12,13)14)5(1-3-15)2-4-16-7/h2,4,8H,1H2. The molecule has 0 N–H and O–H groups in total. The van der Waals surface area contributed by atoms with Crippen molar-refractivity contribution >= 4 is 0 Å². The lowest BCUT2D eigenvalue weighted by Crippen LogP contribution is -2.15. The Bertz CT molecular complexity index is 438. The molecular formula is C9H5F5N2O. The van der Waals surface area contributed by atoms with Crippen LogP contribution in [0.5, 0.6) is 5.88 Å². The number of rotatable bonds is 3. The number of ether oxygens (including phenoxy) is 1. The first-order valence-corrected chi connectivity index (χ1v) is 4.23. The van der Waals surface area contributed by atoms with Crippen molar-refractivity contribution in [3.05, 3.63) is 23.4 Å². The highest BCUT2D eigenvalue weighted by Gasteiger charge is 2.38. The Hall–Kier alpha value is -1.91. The van der Waals surface area contributed by atoms with Gasteiger partial charge >= 0.3 is 12.8 Å². The summed E-state index contributed by atoms with van der Waals surface area (Å²) in [4.78, 5) is 3.10. The Kier molecular flexibility index (Phi) is 3.83. The maximum Gasteiger partial charge on any atom is 0.421 e. The van der Waals surface area contributed by atoms with E-state index in [4.69, 9.17) is 5.26 Å². The van der Waals surface area contributed by atoms with Crippen LogP contribution in [-0.4, -0.2) is 11.6 Å². The van der Waals surface area contributed by atoms with Crippen LogP contribution in [0.3, 0.4) is 0 Å². The topological polar surface area (TPSA) is 45.9 Å². The van der Waals surface area contributed by atoms with Crippen LogP contribution in [0.2, 0.25) is 0 Å². The zero-order chi connectivity index (χ0) is 13.1. The van der Waals surface area contributed by atoms with Crippen LogP contribution in [0.15, 0.2) is 12.3 Å². The lowest BCUT2D eigenvalue weighted by atomic mass is 10.1. The molecule has 0 aromatic carbocycles. The molecule has 0 amide bonds. The molecule has 0 spiro atoms. The Morgan fingerprint density at radius 1 is 1.41 bits per heavy atom. The lowest BCUT2D eigenvalue weighted by molar-refractivity contribution is -0.143. The van der Waals surface area contributed by atoms with Crippen molar-refractivity contribution in [2.24, 2.45) is 0 Å². The number of alkyl halides is 5. The van der Waals surface area contributed by atoms with Gasteiger partial charge < -0.3 is 4.74 Å². The molecule has 8 heteroatoms. The predicted octanol–water partition coefficient (Wildman–Crippen LogP) is 2.77. The number of hydrogen-bond acceptors (Lipinski definition) is 3. The van der Waals surface area contributed by atoms with Gasteiger partial charge in [-0.25, -0.2) is 4.98 Å². The highest BCUT2D eigenvalue weighted by Crippen LogP contribution is 2.38. The van der Waals surface area contributed by atoms with E-state index in [9.17, 15) is 22.0 Å². The summed E-state index contributed by atoms with van der Waals surface area (Å²) in [7, 11) is 0. The van der Waals surface area contributed by atoms with Gasteiger partial charge in [-0.1, -0.05) is 0 Å². The number of aromatic nitrogens is 1. The van der Waals surface area contributed by atoms with E-state index in [1.54, 1.807) is 0 Å². The molecule has 0 saturated heterocycles. The highest BCUT2D eigenvalue weighted by molar-refractivity contribution is 5.38. The van der Waals surface area contributed by atoms with Gasteiger partial charge in [-0.3, -0.25) is 0 Å². The fourth-order valence-electron chi connectivity index (χ4n) is 1.19. The van der Waals surface area contributed by atoms with E-state index < -0.39 is 36.2 Å². The first kappa shape index (κ1) is 13.2. The molecule has 0 radical (unpaired) electrons. The van der Waals surface area contributed by atoms with E-state index in [1.165, 1.54) is 6.07 Å². The summed E-state index contributed by atoms with van der Waals surface area (Å²) in [6, 6.07) is 2.44. The number of nitriles is 1. The summed E-state index contributed by atoms with van der Waals surface area (Å²) in [5.74, 6) is -1.22. The molecule has 92 valence electrons. The van der Waals surface area contributed by atoms with Crippen molar-refractivity contribution in [3.8, 4) is 11.9 Å². The third-order valence-electron chi connectivity index (χ3n) is 1.76. The summed E-state index contributed by atoms with van der Waals surface area (Å²) in [6.07, 6.45) is -4.61. The van der Waals surface area contributed by atoms with Crippen LogP contribution in [0.1, 0.15) is 11.1 Å². The summed E-state index contributed by atoms with van der Waals surface area (Å²) < 4.78 is 65.3. The number of hydrogen-bond donors (Lipinski definition) is 0. The van der Waals surface area contributed by atoms with Gasteiger partial charge in [-0.2, -0.15) is 27.2 Å². The van der Waals surface area contributed by atoms with Crippen molar-refractivity contribution in [2.75, 3.05) is 0 Å². The second-order valence-corrected chi connectivity index (χ2v) is 2.86. The minimum Gasteiger partial charge on any atom is -0.416 e. The Labute approximate surface area is 92.4 Å². The van der Waals surface area contributed by atoms with Crippen LogP contribution >= 0.6 is 0 Å². The molecule has 0 aliphatic carbocycles. The molecule has 1 rings (SSSR count). The number of pyridine rings is 1. The van der Waals surface area contributed by atoms with Crippen molar-refractivity contribution in [1.82, 2.24) is 4.98 Å². The molecule has 0 saturated carbocycles. The van der Waals surface area contributed by atoms with E-state index in [1.807, 2.05) is 0 Å². The molecule has 0 unspecified atom stereocenters. The fraction of sp³-hybridized carbons (Fsp3) is 0.333. The van der Waals surface area contributed by atoms with Gasteiger partial charge in [-0.05, 0) is 11.6 Å². The molecule has 0 aliphatic heterocycles. The second kappa shape index (κ2) is 4.95. The van der Waals surface area contributed by atoms with Crippen molar-refractivity contribution in [1.29, 1.82) is 5.26 Å². The summed E-state index contributed by atoms with van der Waals surface area (Å²) in [5, 5.41) is 8.36. The molecule has 3 nitrogen and oxygen atoms in total. The average molecular weight is 252 g/mol. The molecule has 1 heterocycles. The summed E-state index contributed by atoms with van der Waals surface area (Å²) in [5.41, 5.74) is -1.90. The quantitative estimate of drug-likeness (QED) is 0.777. The normalized spacial score (nSPS) is 11.4. The van der Waals surface area contributed by atoms with Crippen LogP contribution in [-0.2, 0) is 12.6 Å². The van der Waals surface area contributed by atoms with Gasteiger partial charge in [0.25, 0.3) is 0 Å². The Balaban J connectivity index is 3.30. The van der Waals surface area contributed by atoms with E-state index in [0.29, 0.717) is 0 Å². The van der Waals surface area contributed by atoms with Crippen LogP contribution in [0.25, 0.3) is 0 Å². The smallest absolute Gasteiger partial charge is 0.416 e. The van der Waals surface area contributed by atoms with Gasteiger partial charge in [0.2, 0.25) is 5.88 Å². The Morgan fingerprint density at radius 3 is 2.53 bits per heavy atom. The zero-order valence-corrected chi connectivity index (χ0v) is 8.13. The largest absolute Gasteiger partial charge is 0.421 e. The minimum absolute atomic E-state index is 0.453. The number of halogens is 5. The zero-order valence-electron chi connectivity index (χ0n) is 8.13. The van der Waals surface area contributed by atoms with E-state index in [2.05, 4.69) is 9.72 Å². The predicted molar refractivity (Wildman–Crippen MR) is 45.2 cm³/mol. The second-order valence-electron chi connectivity index (χ2n) is 2.86. The van der Waals surface area contributed by atoms with E-state index >= 15 is 0 Å². The van der Waals surface area contributed by atoms with Crippen LogP contribution < -0.4 is 4.74 Å². The maximum atomic E-state index is 12.6. The van der Waals surface area contributed by atoms with Gasteiger partial charge in [0.1, 0.15) is 5.56 Å². The molecule has 0 bridgehead atoms. The molecule has 1 aromatic rings. The summed E-state index contributed by atoms with van der Waals surface area (Å²) >= 11 is 0. The SMILES string of the molecule is N#CCc1ccnc(OC(F)F)c1C(F)(F)F. The highest BCUT2D eigenvalue weighted by atomic mass is 19.4. The molecule has 0 atom stereocenters. The van der Waals surface area contributed by atoms with Crippen molar-refractivity contribution < 1.29 is 26.7 Å².